The van der Waals surface area contributed by atoms with Crippen LogP contribution in [0.1, 0.15) is 42.8 Å². The Morgan fingerprint density at radius 3 is 2.97 bits per heavy atom. The van der Waals surface area contributed by atoms with Gasteiger partial charge < -0.3 is 10.3 Å². The fourth-order valence-electron chi connectivity index (χ4n) is 3.88. The van der Waals surface area contributed by atoms with E-state index < -0.39 is 0 Å². The lowest BCUT2D eigenvalue weighted by Crippen LogP contribution is -2.11. The monoisotopic (exact) mass is 383 g/mol. The number of aromatic amines is 1. The lowest BCUT2D eigenvalue weighted by molar-refractivity contribution is 0.829. The summed E-state index contributed by atoms with van der Waals surface area (Å²) >= 11 is 0. The molecule has 0 saturated heterocycles. The van der Waals surface area contributed by atoms with Crippen LogP contribution in [0.25, 0.3) is 27.5 Å². The molecule has 7 nitrogen and oxygen atoms in total. The van der Waals surface area contributed by atoms with E-state index in [1.54, 1.807) is 6.33 Å². The van der Waals surface area contributed by atoms with Crippen molar-refractivity contribution >= 4 is 39.5 Å². The third-order valence-corrected chi connectivity index (χ3v) is 5.30. The third-order valence-electron chi connectivity index (χ3n) is 5.30. The van der Waals surface area contributed by atoms with Crippen LogP contribution in [0.5, 0.6) is 0 Å². The van der Waals surface area contributed by atoms with Gasteiger partial charge in [0.05, 0.1) is 18.1 Å². The number of hydrogen-bond acceptors (Lipinski definition) is 6. The van der Waals surface area contributed by atoms with Crippen LogP contribution < -0.4 is 5.32 Å². The van der Waals surface area contributed by atoms with Crippen LogP contribution in [0.15, 0.2) is 48.1 Å². The lowest BCUT2D eigenvalue weighted by atomic mass is 9.94. The fraction of sp³-hybridized carbons (Fsp3) is 0.227. The number of aromatic nitrogens is 5. The predicted molar refractivity (Wildman–Crippen MR) is 116 cm³/mol. The molecule has 3 aromatic heterocycles. The number of H-pyrrole nitrogens is 1. The zero-order valence-corrected chi connectivity index (χ0v) is 16.3. The Bertz CT molecular complexity index is 1270. The van der Waals surface area contributed by atoms with Gasteiger partial charge in [0, 0.05) is 23.5 Å². The fourth-order valence-corrected chi connectivity index (χ4v) is 3.88. The molecule has 0 bridgehead atoms. The summed E-state index contributed by atoms with van der Waals surface area (Å²) in [5, 5.41) is 5.82. The summed E-state index contributed by atoms with van der Waals surface area (Å²) in [5.41, 5.74) is 5.92. The molecule has 1 aliphatic heterocycles. The SMILES string of the molecule is Cc1nc([C@H](C)Nc2ncnc3nc[nH]c23)cc2cccc(C3=CN=CCC3)c12. The Hall–Kier alpha value is -3.61. The Morgan fingerprint density at radius 1 is 1.17 bits per heavy atom. The minimum absolute atomic E-state index is 0.0262. The van der Waals surface area contributed by atoms with Gasteiger partial charge in [0.2, 0.25) is 0 Å². The summed E-state index contributed by atoms with van der Waals surface area (Å²) in [7, 11) is 0. The van der Waals surface area contributed by atoms with Gasteiger partial charge in [-0.05, 0) is 49.3 Å². The number of anilines is 1. The zero-order valence-electron chi connectivity index (χ0n) is 16.3. The highest BCUT2D eigenvalue weighted by Crippen LogP contribution is 2.32. The first-order valence-electron chi connectivity index (χ1n) is 9.72. The second kappa shape index (κ2) is 7.09. The molecule has 0 saturated carbocycles. The van der Waals surface area contributed by atoms with Gasteiger partial charge >= 0.3 is 0 Å². The average molecular weight is 383 g/mol. The van der Waals surface area contributed by atoms with Crippen LogP contribution >= 0.6 is 0 Å². The first-order valence-corrected chi connectivity index (χ1v) is 9.72. The molecular formula is C22H21N7. The first kappa shape index (κ1) is 17.5. The molecule has 4 aromatic rings. The standard InChI is InChI=1S/C22H21N7/c1-13(29-22-20-21(25-11-24-20)26-12-27-22)18-9-15-5-3-7-17(19(15)14(2)28-18)16-6-4-8-23-10-16/h3,5,7-13H,4,6H2,1-2H3,(H2,24,25,26,27,29)/t13-/m0/s1. The summed E-state index contributed by atoms with van der Waals surface area (Å²) in [6, 6.07) is 8.55. The van der Waals surface area contributed by atoms with Crippen molar-refractivity contribution in [1.29, 1.82) is 0 Å². The molecule has 0 radical (unpaired) electrons. The summed E-state index contributed by atoms with van der Waals surface area (Å²) in [6.45, 7) is 4.16. The highest BCUT2D eigenvalue weighted by Gasteiger charge is 2.16. The number of fused-ring (bicyclic) bond motifs is 2. The van der Waals surface area contributed by atoms with Gasteiger partial charge in [0.25, 0.3) is 0 Å². The van der Waals surface area contributed by atoms with Crippen molar-refractivity contribution in [3.05, 3.63) is 60.1 Å². The summed E-state index contributed by atoms with van der Waals surface area (Å²) in [6.07, 6.45) is 9.07. The maximum atomic E-state index is 4.92. The van der Waals surface area contributed by atoms with E-state index >= 15 is 0 Å². The Morgan fingerprint density at radius 2 is 2.10 bits per heavy atom. The number of hydrogen-bond donors (Lipinski definition) is 2. The number of pyridine rings is 1. The van der Waals surface area contributed by atoms with E-state index in [9.17, 15) is 0 Å². The van der Waals surface area contributed by atoms with Crippen molar-refractivity contribution in [3.8, 4) is 0 Å². The molecule has 2 N–H and O–H groups in total. The summed E-state index contributed by atoms with van der Waals surface area (Å²) in [5.74, 6) is 0.721. The van der Waals surface area contributed by atoms with Gasteiger partial charge in [-0.3, -0.25) is 9.98 Å². The van der Waals surface area contributed by atoms with E-state index in [0.29, 0.717) is 5.65 Å². The maximum absolute atomic E-state index is 4.92. The molecule has 0 amide bonds. The smallest absolute Gasteiger partial charge is 0.182 e. The van der Waals surface area contributed by atoms with E-state index in [2.05, 4.69) is 68.4 Å². The highest BCUT2D eigenvalue weighted by atomic mass is 15.1. The molecular weight excluding hydrogens is 362 g/mol. The van der Waals surface area contributed by atoms with Crippen LogP contribution in [0, 0.1) is 6.92 Å². The minimum atomic E-state index is -0.0262. The number of rotatable bonds is 4. The van der Waals surface area contributed by atoms with Gasteiger partial charge in [-0.2, -0.15) is 0 Å². The zero-order chi connectivity index (χ0) is 19.8. The second-order valence-corrected chi connectivity index (χ2v) is 7.25. The molecule has 1 aromatic carbocycles. The number of imidazole rings is 1. The number of aliphatic imine (C=N–C) groups is 1. The molecule has 144 valence electrons. The molecule has 0 spiro atoms. The van der Waals surface area contributed by atoms with E-state index in [-0.39, 0.29) is 6.04 Å². The van der Waals surface area contributed by atoms with Gasteiger partial charge in [-0.1, -0.05) is 18.2 Å². The van der Waals surface area contributed by atoms with Crippen molar-refractivity contribution in [1.82, 2.24) is 24.9 Å². The molecule has 29 heavy (non-hydrogen) atoms. The Labute approximate surface area is 168 Å². The van der Waals surface area contributed by atoms with E-state index in [1.165, 1.54) is 28.2 Å². The van der Waals surface area contributed by atoms with Crippen molar-refractivity contribution in [3.63, 3.8) is 0 Å². The molecule has 5 rings (SSSR count). The number of nitrogens with one attached hydrogen (secondary N) is 2. The Kier molecular flexibility index (Phi) is 4.27. The molecule has 0 aliphatic carbocycles. The number of nitrogens with zero attached hydrogens (tertiary/aromatic N) is 5. The molecule has 0 unspecified atom stereocenters. The van der Waals surface area contributed by atoms with Crippen molar-refractivity contribution < 1.29 is 0 Å². The van der Waals surface area contributed by atoms with Crippen LogP contribution in [0.4, 0.5) is 5.82 Å². The van der Waals surface area contributed by atoms with Gasteiger partial charge in [-0.25, -0.2) is 15.0 Å². The number of aryl methyl sites for hydroxylation is 1. The quantitative estimate of drug-likeness (QED) is 0.538. The molecule has 7 heteroatoms. The Balaban J connectivity index is 1.53. The van der Waals surface area contributed by atoms with Crippen molar-refractivity contribution in [2.24, 2.45) is 4.99 Å². The number of allylic oxidation sites excluding steroid dienone is 1. The van der Waals surface area contributed by atoms with E-state index in [1.807, 2.05) is 12.4 Å². The molecule has 1 atom stereocenters. The summed E-state index contributed by atoms with van der Waals surface area (Å²) < 4.78 is 0. The largest absolute Gasteiger partial charge is 0.360 e. The molecule has 0 fully saturated rings. The topological polar surface area (TPSA) is 91.7 Å². The third kappa shape index (κ3) is 3.14. The predicted octanol–water partition coefficient (Wildman–Crippen LogP) is 4.59. The maximum Gasteiger partial charge on any atom is 0.182 e. The first-order chi connectivity index (χ1) is 14.2. The van der Waals surface area contributed by atoms with E-state index in [4.69, 9.17) is 4.98 Å². The van der Waals surface area contributed by atoms with Gasteiger partial charge in [0.15, 0.2) is 11.5 Å². The molecule has 1 aliphatic rings. The highest BCUT2D eigenvalue weighted by molar-refractivity contribution is 5.96. The number of benzene rings is 1. The van der Waals surface area contributed by atoms with Gasteiger partial charge in [0.1, 0.15) is 11.8 Å². The van der Waals surface area contributed by atoms with Crippen LogP contribution in [0.2, 0.25) is 0 Å². The van der Waals surface area contributed by atoms with Crippen molar-refractivity contribution in [2.45, 2.75) is 32.7 Å². The summed E-state index contributed by atoms with van der Waals surface area (Å²) in [4.78, 5) is 25.1. The van der Waals surface area contributed by atoms with Crippen molar-refractivity contribution in [2.75, 3.05) is 5.32 Å². The van der Waals surface area contributed by atoms with Crippen LogP contribution in [-0.2, 0) is 0 Å². The second-order valence-electron chi connectivity index (χ2n) is 7.25. The van der Waals surface area contributed by atoms with Gasteiger partial charge in [-0.15, -0.1) is 0 Å². The lowest BCUT2D eigenvalue weighted by Gasteiger charge is -2.18. The normalized spacial score (nSPS) is 14.9. The average Bonchev–Trinajstić information content (AvgIpc) is 3.24. The van der Waals surface area contributed by atoms with Crippen LogP contribution in [-0.4, -0.2) is 31.1 Å². The molecule has 4 heterocycles. The van der Waals surface area contributed by atoms with Crippen LogP contribution in [0.3, 0.4) is 0 Å². The minimum Gasteiger partial charge on any atom is -0.360 e. The van der Waals surface area contributed by atoms with E-state index in [0.717, 1.165) is 35.6 Å².